The van der Waals surface area contributed by atoms with E-state index >= 15 is 0 Å². The quantitative estimate of drug-likeness (QED) is 0.839. The summed E-state index contributed by atoms with van der Waals surface area (Å²) in [5.74, 6) is 0.708. The van der Waals surface area contributed by atoms with Crippen molar-refractivity contribution in [3.8, 4) is 5.75 Å². The molecule has 0 spiro atoms. The van der Waals surface area contributed by atoms with E-state index in [1.54, 1.807) is 7.11 Å². The van der Waals surface area contributed by atoms with Crippen LogP contribution in [0.15, 0.2) is 12.1 Å². The second-order valence-corrected chi connectivity index (χ2v) is 6.39. The minimum atomic E-state index is -0.0224. The predicted octanol–water partition coefficient (Wildman–Crippen LogP) is 3.17. The van der Waals surface area contributed by atoms with E-state index in [0.29, 0.717) is 18.2 Å². The zero-order valence-electron chi connectivity index (χ0n) is 14.9. The van der Waals surface area contributed by atoms with E-state index in [-0.39, 0.29) is 5.91 Å². The molecule has 1 unspecified atom stereocenters. The number of amides is 1. The number of nitrogens with one attached hydrogen (secondary N) is 1. The lowest BCUT2D eigenvalue weighted by molar-refractivity contribution is 0.0938. The molecule has 1 aliphatic heterocycles. The third kappa shape index (κ3) is 4.25. The molecular formula is C19H30N2O2. The molecule has 128 valence electrons. The van der Waals surface area contributed by atoms with Gasteiger partial charge in [0.05, 0.1) is 12.7 Å². The normalized spacial score (nSPS) is 18.2. The van der Waals surface area contributed by atoms with Gasteiger partial charge in [0.25, 0.3) is 5.91 Å². The highest BCUT2D eigenvalue weighted by molar-refractivity contribution is 5.97. The van der Waals surface area contributed by atoms with Crippen LogP contribution in [0.1, 0.15) is 54.6 Å². The number of nitrogens with zero attached hydrogens (tertiary/aromatic N) is 1. The van der Waals surface area contributed by atoms with Crippen molar-refractivity contribution < 1.29 is 9.53 Å². The van der Waals surface area contributed by atoms with Crippen molar-refractivity contribution in [3.63, 3.8) is 0 Å². The van der Waals surface area contributed by atoms with Crippen LogP contribution >= 0.6 is 0 Å². The fourth-order valence-corrected chi connectivity index (χ4v) is 3.56. The number of rotatable bonds is 7. The zero-order chi connectivity index (χ0) is 16.8. The van der Waals surface area contributed by atoms with Crippen molar-refractivity contribution in [3.05, 3.63) is 28.8 Å². The van der Waals surface area contributed by atoms with Gasteiger partial charge in [-0.1, -0.05) is 26.3 Å². The first-order chi connectivity index (χ1) is 11.1. The fourth-order valence-electron chi connectivity index (χ4n) is 3.56. The molecular weight excluding hydrogens is 288 g/mol. The summed E-state index contributed by atoms with van der Waals surface area (Å²) in [7, 11) is 1.65. The lowest BCUT2D eigenvalue weighted by Crippen LogP contribution is -2.40. The predicted molar refractivity (Wildman–Crippen MR) is 94.3 cm³/mol. The third-order valence-electron chi connectivity index (χ3n) is 4.68. The van der Waals surface area contributed by atoms with E-state index in [9.17, 15) is 4.79 Å². The van der Waals surface area contributed by atoms with Gasteiger partial charge in [0.15, 0.2) is 0 Å². The molecule has 4 heteroatoms. The van der Waals surface area contributed by atoms with Crippen molar-refractivity contribution >= 4 is 5.91 Å². The van der Waals surface area contributed by atoms with Crippen molar-refractivity contribution in [2.45, 2.75) is 52.5 Å². The van der Waals surface area contributed by atoms with Crippen LogP contribution in [-0.4, -0.2) is 43.6 Å². The topological polar surface area (TPSA) is 41.6 Å². The van der Waals surface area contributed by atoms with Gasteiger partial charge in [-0.3, -0.25) is 9.69 Å². The number of aryl methyl sites for hydroxylation is 2. The first-order valence-corrected chi connectivity index (χ1v) is 8.80. The first-order valence-electron chi connectivity index (χ1n) is 8.80. The Hall–Kier alpha value is -1.55. The Bertz CT molecular complexity index is 542. The van der Waals surface area contributed by atoms with Crippen LogP contribution in [0, 0.1) is 6.92 Å². The van der Waals surface area contributed by atoms with Gasteiger partial charge in [-0.05, 0) is 56.5 Å². The molecule has 1 amide bonds. The average Bonchev–Trinajstić information content (AvgIpc) is 3.00. The average molecular weight is 318 g/mol. The first kappa shape index (κ1) is 17.8. The molecule has 0 radical (unpaired) electrons. The maximum absolute atomic E-state index is 12.7. The maximum Gasteiger partial charge on any atom is 0.255 e. The number of hydrogen-bond donors (Lipinski definition) is 1. The molecule has 1 atom stereocenters. The molecule has 0 aliphatic carbocycles. The highest BCUT2D eigenvalue weighted by Gasteiger charge is 2.24. The Kier molecular flexibility index (Phi) is 6.46. The van der Waals surface area contributed by atoms with E-state index in [4.69, 9.17) is 4.74 Å². The van der Waals surface area contributed by atoms with Gasteiger partial charge in [0, 0.05) is 12.6 Å². The molecule has 1 saturated heterocycles. The largest absolute Gasteiger partial charge is 0.496 e. The summed E-state index contributed by atoms with van der Waals surface area (Å²) < 4.78 is 5.55. The minimum absolute atomic E-state index is 0.0224. The molecule has 0 aromatic heterocycles. The smallest absolute Gasteiger partial charge is 0.255 e. The highest BCUT2D eigenvalue weighted by atomic mass is 16.5. The van der Waals surface area contributed by atoms with Gasteiger partial charge in [-0.15, -0.1) is 0 Å². The van der Waals surface area contributed by atoms with E-state index in [2.05, 4.69) is 30.1 Å². The molecule has 23 heavy (non-hydrogen) atoms. The highest BCUT2D eigenvalue weighted by Crippen LogP contribution is 2.27. The number of carbonyl (C=O) groups excluding carboxylic acids is 1. The second kappa shape index (κ2) is 8.34. The summed E-state index contributed by atoms with van der Waals surface area (Å²) in [6, 6.07) is 4.52. The van der Waals surface area contributed by atoms with Crippen LogP contribution in [0.5, 0.6) is 5.75 Å². The van der Waals surface area contributed by atoms with Crippen LogP contribution in [0.2, 0.25) is 0 Å². The molecule has 0 bridgehead atoms. The van der Waals surface area contributed by atoms with Crippen LogP contribution in [0.25, 0.3) is 0 Å². The number of hydrogen-bond acceptors (Lipinski definition) is 3. The minimum Gasteiger partial charge on any atom is -0.496 e. The summed E-state index contributed by atoms with van der Waals surface area (Å²) in [5.41, 5.74) is 2.89. The number of carbonyl (C=O) groups is 1. The fraction of sp³-hybridized carbons (Fsp3) is 0.632. The van der Waals surface area contributed by atoms with Crippen molar-refractivity contribution in [2.75, 3.05) is 26.7 Å². The number of methoxy groups -OCH3 is 1. The molecule has 1 aliphatic rings. The van der Waals surface area contributed by atoms with Crippen molar-refractivity contribution in [1.82, 2.24) is 10.2 Å². The molecule has 1 aromatic carbocycles. The molecule has 4 nitrogen and oxygen atoms in total. The van der Waals surface area contributed by atoms with E-state index < -0.39 is 0 Å². The number of benzene rings is 1. The van der Waals surface area contributed by atoms with Gasteiger partial charge in [0.2, 0.25) is 0 Å². The Morgan fingerprint density at radius 3 is 2.83 bits per heavy atom. The number of ether oxygens (including phenoxy) is 1. The molecule has 2 rings (SSSR count). The van der Waals surface area contributed by atoms with Crippen molar-refractivity contribution in [1.29, 1.82) is 0 Å². The molecule has 1 N–H and O–H groups in total. The van der Waals surface area contributed by atoms with Gasteiger partial charge in [-0.25, -0.2) is 0 Å². The summed E-state index contributed by atoms with van der Waals surface area (Å²) in [4.78, 5) is 15.1. The number of likely N-dealkylation sites (N-methyl/N-ethyl adjacent to an activating group) is 1. The van der Waals surface area contributed by atoms with Crippen LogP contribution < -0.4 is 10.1 Å². The lowest BCUT2D eigenvalue weighted by atomic mass is 10.0. The Morgan fingerprint density at radius 2 is 2.17 bits per heavy atom. The van der Waals surface area contributed by atoms with Crippen LogP contribution in [0.3, 0.4) is 0 Å². The maximum atomic E-state index is 12.7. The Morgan fingerprint density at radius 1 is 1.39 bits per heavy atom. The third-order valence-corrected chi connectivity index (χ3v) is 4.68. The second-order valence-electron chi connectivity index (χ2n) is 6.39. The molecule has 1 fully saturated rings. The van der Waals surface area contributed by atoms with Gasteiger partial charge in [0.1, 0.15) is 5.75 Å². The van der Waals surface area contributed by atoms with Crippen LogP contribution in [0.4, 0.5) is 0 Å². The van der Waals surface area contributed by atoms with E-state index in [1.165, 1.54) is 12.8 Å². The van der Waals surface area contributed by atoms with Gasteiger partial charge in [-0.2, -0.15) is 0 Å². The zero-order valence-corrected chi connectivity index (χ0v) is 14.9. The summed E-state index contributed by atoms with van der Waals surface area (Å²) >= 11 is 0. The Labute approximate surface area is 140 Å². The van der Waals surface area contributed by atoms with Crippen molar-refractivity contribution in [2.24, 2.45) is 0 Å². The van der Waals surface area contributed by atoms with E-state index in [1.807, 2.05) is 13.0 Å². The molecule has 0 saturated carbocycles. The SMILES string of the molecule is CCCc1cc(C)cc(C(=O)NCC2CCCN2CC)c1OC. The number of likely N-dealkylation sites (tertiary alicyclic amines) is 1. The molecule has 1 aromatic rings. The van der Waals surface area contributed by atoms with Gasteiger partial charge >= 0.3 is 0 Å². The summed E-state index contributed by atoms with van der Waals surface area (Å²) in [6.45, 7) is 9.26. The van der Waals surface area contributed by atoms with Crippen LogP contribution in [-0.2, 0) is 6.42 Å². The monoisotopic (exact) mass is 318 g/mol. The standard InChI is InChI=1S/C19H30N2O2/c1-5-8-15-11-14(3)12-17(18(15)23-4)19(22)20-13-16-9-7-10-21(16)6-2/h11-12,16H,5-10,13H2,1-4H3,(H,20,22). The summed E-state index contributed by atoms with van der Waals surface area (Å²) in [5, 5.41) is 3.12. The Balaban J connectivity index is 2.12. The summed E-state index contributed by atoms with van der Waals surface area (Å²) in [6.07, 6.45) is 4.36. The van der Waals surface area contributed by atoms with Gasteiger partial charge < -0.3 is 10.1 Å². The lowest BCUT2D eigenvalue weighted by Gasteiger charge is -2.23. The van der Waals surface area contributed by atoms with E-state index in [0.717, 1.165) is 42.8 Å². The molecule has 1 heterocycles.